The molecule has 1 aliphatic rings. The number of nitrogens with two attached hydrogens (primary N) is 1. The molecule has 1 amide bonds. The number of nitrogens with one attached hydrogen (secondary N) is 1. The zero-order chi connectivity index (χ0) is 18.8. The second-order valence-electron chi connectivity index (χ2n) is 6.68. The minimum Gasteiger partial charge on any atom is -0.467 e. The Hall–Kier alpha value is -1.99. The van der Waals surface area contributed by atoms with E-state index in [-0.39, 0.29) is 24.9 Å². The minimum absolute atomic E-state index is 0. The van der Waals surface area contributed by atoms with Gasteiger partial charge >= 0.3 is 6.18 Å². The third kappa shape index (κ3) is 4.65. The molecule has 1 aliphatic carbocycles. The van der Waals surface area contributed by atoms with Gasteiger partial charge in [0.05, 0.1) is 23.2 Å². The number of carbonyl (C=O) groups is 1. The molecule has 1 heterocycles. The summed E-state index contributed by atoms with van der Waals surface area (Å²) in [5.74, 6) is 0.111. The van der Waals surface area contributed by atoms with E-state index in [1.807, 2.05) is 0 Å². The zero-order valence-corrected chi connectivity index (χ0v) is 15.5. The Balaban J connectivity index is 0.00000261. The predicted molar refractivity (Wildman–Crippen MR) is 97.5 cm³/mol. The van der Waals surface area contributed by atoms with Gasteiger partial charge in [-0.2, -0.15) is 13.2 Å². The van der Waals surface area contributed by atoms with Crippen molar-refractivity contribution in [3.05, 3.63) is 59.0 Å². The second-order valence-corrected chi connectivity index (χ2v) is 6.68. The summed E-state index contributed by atoms with van der Waals surface area (Å²) >= 11 is 0. The van der Waals surface area contributed by atoms with Crippen LogP contribution in [-0.2, 0) is 18.3 Å². The maximum atomic E-state index is 13.1. The fraction of sp³-hybridized carbons (Fsp3) is 0.421. The molecular weight excluding hydrogens is 381 g/mol. The summed E-state index contributed by atoms with van der Waals surface area (Å²) in [4.78, 5) is 12.7. The van der Waals surface area contributed by atoms with Crippen molar-refractivity contribution < 1.29 is 22.4 Å². The van der Waals surface area contributed by atoms with E-state index >= 15 is 0 Å². The molecule has 0 radical (unpaired) electrons. The lowest BCUT2D eigenvalue weighted by atomic mass is 9.76. The van der Waals surface area contributed by atoms with E-state index in [9.17, 15) is 18.0 Å². The fourth-order valence-corrected chi connectivity index (χ4v) is 3.53. The van der Waals surface area contributed by atoms with Gasteiger partial charge in [0, 0.05) is 0 Å². The summed E-state index contributed by atoms with van der Waals surface area (Å²) in [7, 11) is 0. The molecule has 27 heavy (non-hydrogen) atoms. The van der Waals surface area contributed by atoms with Crippen molar-refractivity contribution >= 4 is 18.3 Å². The first kappa shape index (κ1) is 21.3. The SMILES string of the molecule is Cl.NCc1cc(C(=O)NC2(c3cccc(C(F)(F)F)c3)CCCCC2)co1. The zero-order valence-electron chi connectivity index (χ0n) is 14.6. The summed E-state index contributed by atoms with van der Waals surface area (Å²) in [5, 5.41) is 2.97. The van der Waals surface area contributed by atoms with Gasteiger partial charge in [-0.05, 0) is 36.6 Å². The van der Waals surface area contributed by atoms with E-state index in [2.05, 4.69) is 5.32 Å². The maximum absolute atomic E-state index is 13.1. The number of halogens is 4. The molecule has 1 aromatic carbocycles. The Labute approximate surface area is 161 Å². The average Bonchev–Trinajstić information content (AvgIpc) is 3.11. The van der Waals surface area contributed by atoms with Crippen molar-refractivity contribution in [2.24, 2.45) is 5.73 Å². The van der Waals surface area contributed by atoms with E-state index in [0.717, 1.165) is 31.4 Å². The molecule has 0 bridgehead atoms. The van der Waals surface area contributed by atoms with Gasteiger partial charge in [-0.15, -0.1) is 12.4 Å². The largest absolute Gasteiger partial charge is 0.467 e. The topological polar surface area (TPSA) is 68.3 Å². The third-order valence-corrected chi connectivity index (χ3v) is 4.92. The number of carbonyl (C=O) groups excluding carboxylic acids is 1. The quantitative estimate of drug-likeness (QED) is 0.774. The molecule has 0 unspecified atom stereocenters. The van der Waals surface area contributed by atoms with Crippen molar-refractivity contribution in [1.29, 1.82) is 0 Å². The van der Waals surface area contributed by atoms with Gasteiger partial charge in [0.1, 0.15) is 12.0 Å². The lowest BCUT2D eigenvalue weighted by Crippen LogP contribution is -2.47. The van der Waals surface area contributed by atoms with Gasteiger partial charge < -0.3 is 15.5 Å². The van der Waals surface area contributed by atoms with Gasteiger partial charge in [-0.3, -0.25) is 4.79 Å². The molecule has 2 aromatic rings. The first-order valence-corrected chi connectivity index (χ1v) is 8.62. The smallest absolute Gasteiger partial charge is 0.416 e. The number of hydrogen-bond donors (Lipinski definition) is 2. The number of hydrogen-bond acceptors (Lipinski definition) is 3. The highest BCUT2D eigenvalue weighted by Crippen LogP contribution is 2.39. The summed E-state index contributed by atoms with van der Waals surface area (Å²) in [5.41, 5.74) is 4.79. The highest BCUT2D eigenvalue weighted by Gasteiger charge is 2.38. The van der Waals surface area contributed by atoms with Crippen molar-refractivity contribution in [2.75, 3.05) is 0 Å². The van der Waals surface area contributed by atoms with Gasteiger partial charge in [0.2, 0.25) is 0 Å². The van der Waals surface area contributed by atoms with Crippen molar-refractivity contribution in [2.45, 2.75) is 50.4 Å². The van der Waals surface area contributed by atoms with E-state index < -0.39 is 17.3 Å². The first-order chi connectivity index (χ1) is 12.3. The van der Waals surface area contributed by atoms with Crippen LogP contribution in [0, 0.1) is 0 Å². The molecule has 0 atom stereocenters. The summed E-state index contributed by atoms with van der Waals surface area (Å²) in [6, 6.07) is 6.79. The monoisotopic (exact) mass is 402 g/mol. The Morgan fingerprint density at radius 1 is 1.19 bits per heavy atom. The number of benzene rings is 1. The fourth-order valence-electron chi connectivity index (χ4n) is 3.53. The summed E-state index contributed by atoms with van der Waals surface area (Å²) < 4.78 is 44.5. The average molecular weight is 403 g/mol. The maximum Gasteiger partial charge on any atom is 0.416 e. The molecule has 8 heteroatoms. The van der Waals surface area contributed by atoms with Crippen molar-refractivity contribution in [3.8, 4) is 0 Å². The minimum atomic E-state index is -4.42. The molecular formula is C19H22ClF3N2O2. The molecule has 0 saturated heterocycles. The molecule has 4 nitrogen and oxygen atoms in total. The normalized spacial score (nSPS) is 16.4. The Morgan fingerprint density at radius 3 is 2.48 bits per heavy atom. The van der Waals surface area contributed by atoms with E-state index in [1.54, 1.807) is 12.1 Å². The molecule has 0 aliphatic heterocycles. The van der Waals surface area contributed by atoms with E-state index in [0.29, 0.717) is 29.7 Å². The molecule has 3 rings (SSSR count). The molecule has 1 aromatic heterocycles. The number of furan rings is 1. The van der Waals surface area contributed by atoms with E-state index in [1.165, 1.54) is 12.3 Å². The number of amides is 1. The van der Waals surface area contributed by atoms with Crippen molar-refractivity contribution in [3.63, 3.8) is 0 Å². The molecule has 1 saturated carbocycles. The second kappa shape index (κ2) is 8.35. The van der Waals surface area contributed by atoms with Crippen LogP contribution in [0.3, 0.4) is 0 Å². The Bertz CT molecular complexity index is 783. The van der Waals surface area contributed by atoms with Crippen LogP contribution in [0.5, 0.6) is 0 Å². The van der Waals surface area contributed by atoms with Crippen LogP contribution in [0.15, 0.2) is 41.0 Å². The van der Waals surface area contributed by atoms with Crippen LogP contribution in [0.4, 0.5) is 13.2 Å². The van der Waals surface area contributed by atoms with Crippen LogP contribution in [-0.4, -0.2) is 5.91 Å². The van der Waals surface area contributed by atoms with Crippen LogP contribution >= 0.6 is 12.4 Å². The molecule has 148 valence electrons. The van der Waals surface area contributed by atoms with Gasteiger partial charge in [0.25, 0.3) is 5.91 Å². The molecule has 0 spiro atoms. The highest BCUT2D eigenvalue weighted by atomic mass is 35.5. The highest BCUT2D eigenvalue weighted by molar-refractivity contribution is 5.94. The van der Waals surface area contributed by atoms with Crippen LogP contribution in [0.1, 0.15) is 59.3 Å². The van der Waals surface area contributed by atoms with Crippen LogP contribution in [0.2, 0.25) is 0 Å². The van der Waals surface area contributed by atoms with Crippen LogP contribution < -0.4 is 11.1 Å². The van der Waals surface area contributed by atoms with Gasteiger partial charge in [0.15, 0.2) is 0 Å². The summed E-state index contributed by atoms with van der Waals surface area (Å²) in [6.45, 7) is 0.173. The van der Waals surface area contributed by atoms with E-state index in [4.69, 9.17) is 10.2 Å². The predicted octanol–water partition coefficient (Wildman–Crippen LogP) is 4.77. The lowest BCUT2D eigenvalue weighted by molar-refractivity contribution is -0.137. The number of alkyl halides is 3. The van der Waals surface area contributed by atoms with Gasteiger partial charge in [-0.1, -0.05) is 31.4 Å². The Morgan fingerprint density at radius 2 is 1.89 bits per heavy atom. The standard InChI is InChI=1S/C19H21F3N2O2.ClH/c20-19(21,22)15-6-4-5-14(10-15)18(7-2-1-3-8-18)24-17(25)13-9-16(11-23)26-12-13;/h4-6,9-10,12H,1-3,7-8,11,23H2,(H,24,25);1H. The lowest BCUT2D eigenvalue weighted by Gasteiger charge is -2.39. The first-order valence-electron chi connectivity index (χ1n) is 8.62. The molecule has 3 N–H and O–H groups in total. The third-order valence-electron chi connectivity index (χ3n) is 4.92. The summed E-state index contributed by atoms with van der Waals surface area (Å²) in [6.07, 6.45) is 0.783. The Kier molecular flexibility index (Phi) is 6.59. The van der Waals surface area contributed by atoms with Crippen LogP contribution in [0.25, 0.3) is 0 Å². The number of rotatable bonds is 4. The van der Waals surface area contributed by atoms with Gasteiger partial charge in [-0.25, -0.2) is 0 Å². The van der Waals surface area contributed by atoms with Crippen molar-refractivity contribution in [1.82, 2.24) is 5.32 Å². The molecule has 1 fully saturated rings.